The van der Waals surface area contributed by atoms with E-state index in [0.29, 0.717) is 18.0 Å². The van der Waals surface area contributed by atoms with Crippen LogP contribution >= 0.6 is 0 Å². The van der Waals surface area contributed by atoms with Crippen LogP contribution in [-0.2, 0) is 17.9 Å². The molecule has 0 unspecified atom stereocenters. The quantitative estimate of drug-likeness (QED) is 0.705. The van der Waals surface area contributed by atoms with E-state index < -0.39 is 0 Å². The van der Waals surface area contributed by atoms with E-state index in [9.17, 15) is 9.18 Å². The van der Waals surface area contributed by atoms with Crippen LogP contribution in [0.25, 0.3) is 0 Å². The molecule has 0 atom stereocenters. The highest BCUT2D eigenvalue weighted by molar-refractivity contribution is 5.78. The van der Waals surface area contributed by atoms with Gasteiger partial charge in [0.25, 0.3) is 0 Å². The SMILES string of the molecule is COc1cc(CNC(=O)C2CCN(Cc3ccc(F)cc3)CC2)ccc1OC(C)C. The molecule has 0 spiro atoms. The Labute approximate surface area is 178 Å². The Kier molecular flexibility index (Phi) is 7.69. The van der Waals surface area contributed by atoms with Crippen molar-refractivity contribution < 1.29 is 18.7 Å². The van der Waals surface area contributed by atoms with E-state index in [1.807, 2.05) is 44.2 Å². The lowest BCUT2D eigenvalue weighted by molar-refractivity contribution is -0.126. The molecule has 3 rings (SSSR count). The van der Waals surface area contributed by atoms with Gasteiger partial charge < -0.3 is 14.8 Å². The molecule has 1 heterocycles. The maximum absolute atomic E-state index is 13.0. The molecule has 0 aliphatic carbocycles. The van der Waals surface area contributed by atoms with Crippen LogP contribution in [0.4, 0.5) is 4.39 Å². The van der Waals surface area contributed by atoms with Gasteiger partial charge >= 0.3 is 0 Å². The van der Waals surface area contributed by atoms with Crippen LogP contribution in [0.3, 0.4) is 0 Å². The Balaban J connectivity index is 1.46. The summed E-state index contributed by atoms with van der Waals surface area (Å²) in [6, 6.07) is 12.4. The van der Waals surface area contributed by atoms with Crippen molar-refractivity contribution in [2.75, 3.05) is 20.2 Å². The van der Waals surface area contributed by atoms with Gasteiger partial charge in [-0.3, -0.25) is 9.69 Å². The van der Waals surface area contributed by atoms with Crippen LogP contribution in [-0.4, -0.2) is 37.1 Å². The van der Waals surface area contributed by atoms with Gasteiger partial charge in [-0.1, -0.05) is 18.2 Å². The molecular formula is C24H31FN2O3. The number of rotatable bonds is 8. The molecule has 6 heteroatoms. The molecule has 5 nitrogen and oxygen atoms in total. The Morgan fingerprint density at radius 1 is 1.10 bits per heavy atom. The number of carbonyl (C=O) groups is 1. The zero-order valence-corrected chi connectivity index (χ0v) is 18.0. The minimum absolute atomic E-state index is 0.0277. The van der Waals surface area contributed by atoms with Crippen molar-refractivity contribution in [3.05, 3.63) is 59.4 Å². The number of piperidine rings is 1. The van der Waals surface area contributed by atoms with Crippen molar-refractivity contribution in [1.29, 1.82) is 0 Å². The molecule has 1 aliphatic rings. The van der Waals surface area contributed by atoms with Gasteiger partial charge in [-0.2, -0.15) is 0 Å². The second-order valence-electron chi connectivity index (χ2n) is 8.05. The molecule has 0 aromatic heterocycles. The van der Waals surface area contributed by atoms with Crippen LogP contribution in [0.5, 0.6) is 11.5 Å². The molecule has 1 amide bonds. The zero-order chi connectivity index (χ0) is 21.5. The third-order valence-electron chi connectivity index (χ3n) is 5.34. The van der Waals surface area contributed by atoms with E-state index in [1.165, 1.54) is 12.1 Å². The Morgan fingerprint density at radius 2 is 1.77 bits per heavy atom. The predicted octanol–water partition coefficient (Wildman–Crippen LogP) is 4.15. The van der Waals surface area contributed by atoms with Crippen molar-refractivity contribution in [3.63, 3.8) is 0 Å². The highest BCUT2D eigenvalue weighted by Gasteiger charge is 2.24. The highest BCUT2D eigenvalue weighted by Crippen LogP contribution is 2.29. The average molecular weight is 415 g/mol. The number of amides is 1. The molecule has 1 N–H and O–H groups in total. The molecular weight excluding hydrogens is 383 g/mol. The van der Waals surface area contributed by atoms with Crippen molar-refractivity contribution in [2.24, 2.45) is 5.92 Å². The molecule has 1 saturated heterocycles. The van der Waals surface area contributed by atoms with Gasteiger partial charge in [0.2, 0.25) is 5.91 Å². The third kappa shape index (κ3) is 6.20. The second-order valence-corrected chi connectivity index (χ2v) is 8.05. The normalized spacial score (nSPS) is 15.2. The first kappa shape index (κ1) is 22.1. The molecule has 1 aliphatic heterocycles. The number of hydrogen-bond donors (Lipinski definition) is 1. The van der Waals surface area contributed by atoms with E-state index in [4.69, 9.17) is 9.47 Å². The van der Waals surface area contributed by atoms with E-state index in [2.05, 4.69) is 10.2 Å². The van der Waals surface area contributed by atoms with Crippen molar-refractivity contribution in [1.82, 2.24) is 10.2 Å². The van der Waals surface area contributed by atoms with Gasteiger partial charge in [0, 0.05) is 19.0 Å². The number of nitrogens with zero attached hydrogens (tertiary/aromatic N) is 1. The summed E-state index contributed by atoms with van der Waals surface area (Å²) in [5, 5.41) is 3.06. The lowest BCUT2D eigenvalue weighted by Crippen LogP contribution is -2.40. The smallest absolute Gasteiger partial charge is 0.223 e. The summed E-state index contributed by atoms with van der Waals surface area (Å²) in [5.41, 5.74) is 2.07. The summed E-state index contributed by atoms with van der Waals surface area (Å²) in [5.74, 6) is 1.28. The molecule has 0 bridgehead atoms. The molecule has 2 aromatic carbocycles. The Morgan fingerprint density at radius 3 is 2.40 bits per heavy atom. The lowest BCUT2D eigenvalue weighted by atomic mass is 9.95. The molecule has 0 radical (unpaired) electrons. The fourth-order valence-electron chi connectivity index (χ4n) is 3.71. The van der Waals surface area contributed by atoms with Crippen molar-refractivity contribution in [2.45, 2.75) is 45.9 Å². The Bertz CT molecular complexity index is 831. The molecule has 1 fully saturated rings. The molecule has 2 aromatic rings. The number of halogens is 1. The van der Waals surface area contributed by atoms with Crippen LogP contribution in [0.15, 0.2) is 42.5 Å². The van der Waals surface area contributed by atoms with Crippen LogP contribution < -0.4 is 14.8 Å². The summed E-state index contributed by atoms with van der Waals surface area (Å²) >= 11 is 0. The fraction of sp³-hybridized carbons (Fsp3) is 0.458. The minimum Gasteiger partial charge on any atom is -0.493 e. The van der Waals surface area contributed by atoms with E-state index in [1.54, 1.807) is 7.11 Å². The van der Waals surface area contributed by atoms with Gasteiger partial charge in [-0.05, 0) is 75.2 Å². The fourth-order valence-corrected chi connectivity index (χ4v) is 3.71. The van der Waals surface area contributed by atoms with Gasteiger partial charge in [0.15, 0.2) is 11.5 Å². The molecule has 162 valence electrons. The first-order valence-electron chi connectivity index (χ1n) is 10.5. The first-order valence-corrected chi connectivity index (χ1v) is 10.5. The monoisotopic (exact) mass is 414 g/mol. The number of likely N-dealkylation sites (tertiary alicyclic amines) is 1. The van der Waals surface area contributed by atoms with Crippen molar-refractivity contribution in [3.8, 4) is 11.5 Å². The van der Waals surface area contributed by atoms with Crippen LogP contribution in [0.1, 0.15) is 37.8 Å². The standard InChI is InChI=1S/C24H31FN2O3/c1-17(2)30-22-9-6-19(14-23(22)29-3)15-26-24(28)20-10-12-27(13-11-20)16-18-4-7-21(25)8-5-18/h4-9,14,17,20H,10-13,15-16H2,1-3H3,(H,26,28). The number of nitrogens with one attached hydrogen (secondary N) is 1. The average Bonchev–Trinajstić information content (AvgIpc) is 2.74. The topological polar surface area (TPSA) is 50.8 Å². The highest BCUT2D eigenvalue weighted by atomic mass is 19.1. The number of benzene rings is 2. The summed E-state index contributed by atoms with van der Waals surface area (Å²) in [4.78, 5) is 14.9. The summed E-state index contributed by atoms with van der Waals surface area (Å²) < 4.78 is 24.2. The van der Waals surface area contributed by atoms with E-state index >= 15 is 0 Å². The maximum atomic E-state index is 13.0. The largest absolute Gasteiger partial charge is 0.493 e. The molecule has 30 heavy (non-hydrogen) atoms. The maximum Gasteiger partial charge on any atom is 0.223 e. The number of ether oxygens (including phenoxy) is 2. The zero-order valence-electron chi connectivity index (χ0n) is 18.0. The van der Waals surface area contributed by atoms with Crippen LogP contribution in [0.2, 0.25) is 0 Å². The van der Waals surface area contributed by atoms with Crippen LogP contribution in [0, 0.1) is 11.7 Å². The molecule has 0 saturated carbocycles. The third-order valence-corrected chi connectivity index (χ3v) is 5.34. The van der Waals surface area contributed by atoms with Crippen molar-refractivity contribution >= 4 is 5.91 Å². The lowest BCUT2D eigenvalue weighted by Gasteiger charge is -2.31. The summed E-state index contributed by atoms with van der Waals surface area (Å²) in [6.45, 7) is 6.93. The predicted molar refractivity (Wildman–Crippen MR) is 115 cm³/mol. The van der Waals surface area contributed by atoms with Gasteiger partial charge in [-0.25, -0.2) is 4.39 Å². The minimum atomic E-state index is -0.214. The van der Waals surface area contributed by atoms with E-state index in [0.717, 1.165) is 43.6 Å². The summed E-state index contributed by atoms with van der Waals surface area (Å²) in [7, 11) is 1.62. The first-order chi connectivity index (χ1) is 14.4. The van der Waals surface area contributed by atoms with Gasteiger partial charge in [-0.15, -0.1) is 0 Å². The van der Waals surface area contributed by atoms with Gasteiger partial charge in [0.1, 0.15) is 5.82 Å². The van der Waals surface area contributed by atoms with E-state index in [-0.39, 0.29) is 23.7 Å². The van der Waals surface area contributed by atoms with Gasteiger partial charge in [0.05, 0.1) is 13.2 Å². The Hall–Kier alpha value is -2.60. The number of methoxy groups -OCH3 is 1. The number of hydrogen-bond acceptors (Lipinski definition) is 4. The second kappa shape index (κ2) is 10.4. The number of carbonyl (C=O) groups excluding carboxylic acids is 1. The summed E-state index contributed by atoms with van der Waals surface area (Å²) in [6.07, 6.45) is 1.73.